The highest BCUT2D eigenvalue weighted by molar-refractivity contribution is 7.94. The van der Waals surface area contributed by atoms with Gasteiger partial charge in [0.1, 0.15) is 9.90 Å². The van der Waals surface area contributed by atoms with Crippen LogP contribution in [0.25, 0.3) is 0 Å². The van der Waals surface area contributed by atoms with Crippen LogP contribution < -0.4 is 15.4 Å². The Kier molecular flexibility index (Phi) is 5.54. The summed E-state index contributed by atoms with van der Waals surface area (Å²) in [5.41, 5.74) is 1.09. The molecular weight excluding hydrogens is 408 g/mol. The summed E-state index contributed by atoms with van der Waals surface area (Å²) >= 11 is 2.10. The Morgan fingerprint density at radius 2 is 1.78 bits per heavy atom. The van der Waals surface area contributed by atoms with E-state index in [9.17, 15) is 18.0 Å². The fourth-order valence-electron chi connectivity index (χ4n) is 2.08. The summed E-state index contributed by atoms with van der Waals surface area (Å²) in [4.78, 5) is 27.5. The number of amides is 2. The highest BCUT2D eigenvalue weighted by Gasteiger charge is 2.18. The van der Waals surface area contributed by atoms with Crippen molar-refractivity contribution in [2.24, 2.45) is 0 Å². The Balaban J connectivity index is 1.69. The second-order valence-corrected chi connectivity index (χ2v) is 9.01. The van der Waals surface area contributed by atoms with Gasteiger partial charge in [0.15, 0.2) is 5.13 Å². The van der Waals surface area contributed by atoms with Crippen molar-refractivity contribution in [2.45, 2.75) is 11.1 Å². The molecule has 11 heteroatoms. The van der Waals surface area contributed by atoms with Gasteiger partial charge in [0.25, 0.3) is 15.9 Å². The molecule has 0 aliphatic rings. The molecule has 8 nitrogen and oxygen atoms in total. The Hall–Kier alpha value is -2.76. The molecule has 0 unspecified atom stereocenters. The van der Waals surface area contributed by atoms with E-state index in [0.717, 1.165) is 22.7 Å². The van der Waals surface area contributed by atoms with Gasteiger partial charge in [0.2, 0.25) is 5.91 Å². The second kappa shape index (κ2) is 7.86. The van der Waals surface area contributed by atoms with E-state index in [1.54, 1.807) is 35.7 Å². The van der Waals surface area contributed by atoms with Crippen LogP contribution in [0.5, 0.6) is 0 Å². The number of thiophene rings is 1. The van der Waals surface area contributed by atoms with Gasteiger partial charge in [-0.1, -0.05) is 12.1 Å². The van der Waals surface area contributed by atoms with Gasteiger partial charge in [0.05, 0.1) is 0 Å². The Morgan fingerprint density at radius 3 is 2.44 bits per heavy atom. The maximum Gasteiger partial charge on any atom is 0.275 e. The molecule has 0 bridgehead atoms. The predicted molar refractivity (Wildman–Crippen MR) is 106 cm³/mol. The maximum absolute atomic E-state index is 12.3. The van der Waals surface area contributed by atoms with E-state index in [1.807, 2.05) is 0 Å². The number of aromatic nitrogens is 1. The summed E-state index contributed by atoms with van der Waals surface area (Å²) in [6.07, 6.45) is 0. The molecule has 2 heterocycles. The zero-order valence-corrected chi connectivity index (χ0v) is 16.4. The van der Waals surface area contributed by atoms with Crippen molar-refractivity contribution in [1.82, 2.24) is 4.98 Å². The highest BCUT2D eigenvalue weighted by Crippen LogP contribution is 2.23. The second-order valence-electron chi connectivity index (χ2n) is 5.29. The van der Waals surface area contributed by atoms with E-state index in [-0.39, 0.29) is 20.9 Å². The molecule has 0 radical (unpaired) electrons. The third-order valence-corrected chi connectivity index (χ3v) is 6.78. The van der Waals surface area contributed by atoms with Crippen LogP contribution in [0.3, 0.4) is 0 Å². The Bertz CT molecular complexity index is 1070. The van der Waals surface area contributed by atoms with Crippen LogP contribution in [0.4, 0.5) is 16.5 Å². The summed E-state index contributed by atoms with van der Waals surface area (Å²) in [5.74, 6) is -0.714. The number of sulfonamides is 1. The molecule has 27 heavy (non-hydrogen) atoms. The Morgan fingerprint density at radius 1 is 1.04 bits per heavy atom. The predicted octanol–water partition coefficient (Wildman–Crippen LogP) is 3.22. The lowest BCUT2D eigenvalue weighted by Gasteiger charge is -2.06. The molecular formula is C16H14N4O4S3. The normalized spacial score (nSPS) is 11.0. The SMILES string of the molecule is CC(=O)Nc1cccc(NC(=O)c2csc(NS(=O)(=O)c3cccs3)n2)c1. The van der Waals surface area contributed by atoms with E-state index >= 15 is 0 Å². The minimum atomic E-state index is -3.71. The first-order chi connectivity index (χ1) is 12.8. The minimum Gasteiger partial charge on any atom is -0.326 e. The zero-order chi connectivity index (χ0) is 19.4. The standard InChI is InChI=1S/C16H14N4O4S3/c1-10(21)17-11-4-2-5-12(8-11)18-15(22)13-9-26-16(19-13)20-27(23,24)14-6-3-7-25-14/h2-9H,1H3,(H,17,21)(H,18,22)(H,19,20). The first kappa shape index (κ1) is 19.0. The third kappa shape index (κ3) is 4.90. The molecule has 0 aliphatic carbocycles. The van der Waals surface area contributed by atoms with Gasteiger partial charge >= 0.3 is 0 Å². The number of anilines is 3. The van der Waals surface area contributed by atoms with Crippen molar-refractivity contribution in [3.05, 3.63) is 52.9 Å². The molecule has 0 saturated heterocycles. The fourth-order valence-corrected chi connectivity index (χ4v) is 5.02. The smallest absolute Gasteiger partial charge is 0.275 e. The number of rotatable bonds is 6. The molecule has 3 N–H and O–H groups in total. The van der Waals surface area contributed by atoms with Crippen LogP contribution in [-0.2, 0) is 14.8 Å². The molecule has 140 valence electrons. The summed E-state index contributed by atoms with van der Waals surface area (Å²) in [6, 6.07) is 9.76. The van der Waals surface area contributed by atoms with Gasteiger partial charge in [-0.05, 0) is 29.6 Å². The van der Waals surface area contributed by atoms with Gasteiger partial charge < -0.3 is 10.6 Å². The summed E-state index contributed by atoms with van der Waals surface area (Å²) < 4.78 is 26.9. The molecule has 1 aromatic carbocycles. The summed E-state index contributed by atoms with van der Waals surface area (Å²) in [6.45, 7) is 1.39. The first-order valence-corrected chi connectivity index (χ1v) is 10.8. The number of hydrogen-bond acceptors (Lipinski definition) is 7. The van der Waals surface area contributed by atoms with E-state index in [1.165, 1.54) is 18.4 Å². The summed E-state index contributed by atoms with van der Waals surface area (Å²) in [7, 11) is -3.71. The number of nitrogens with one attached hydrogen (secondary N) is 3. The van der Waals surface area contributed by atoms with Crippen molar-refractivity contribution >= 4 is 61.0 Å². The fraction of sp³-hybridized carbons (Fsp3) is 0.0625. The highest BCUT2D eigenvalue weighted by atomic mass is 32.2. The van der Waals surface area contributed by atoms with Crippen LogP contribution in [-0.4, -0.2) is 25.2 Å². The van der Waals surface area contributed by atoms with E-state index in [0.29, 0.717) is 11.4 Å². The monoisotopic (exact) mass is 422 g/mol. The molecule has 3 rings (SSSR count). The zero-order valence-electron chi connectivity index (χ0n) is 13.9. The van der Waals surface area contributed by atoms with Crippen LogP contribution >= 0.6 is 22.7 Å². The molecule has 0 atom stereocenters. The van der Waals surface area contributed by atoms with Crippen LogP contribution in [0.1, 0.15) is 17.4 Å². The number of benzene rings is 1. The largest absolute Gasteiger partial charge is 0.326 e. The quantitative estimate of drug-likeness (QED) is 0.564. The number of nitrogens with zero attached hydrogens (tertiary/aromatic N) is 1. The van der Waals surface area contributed by atoms with Gasteiger partial charge in [-0.3, -0.25) is 14.3 Å². The number of carbonyl (C=O) groups excluding carboxylic acids is 2. The summed E-state index contributed by atoms with van der Waals surface area (Å²) in [5, 5.41) is 8.49. The number of carbonyl (C=O) groups is 2. The maximum atomic E-state index is 12.3. The number of hydrogen-bond donors (Lipinski definition) is 3. The Labute approximate surface area is 163 Å². The van der Waals surface area contributed by atoms with E-state index in [4.69, 9.17) is 0 Å². The molecule has 0 aliphatic heterocycles. The van der Waals surface area contributed by atoms with Crippen molar-refractivity contribution in [2.75, 3.05) is 15.4 Å². The van der Waals surface area contributed by atoms with Crippen molar-refractivity contribution in [3.63, 3.8) is 0 Å². The van der Waals surface area contributed by atoms with E-state index in [2.05, 4.69) is 20.3 Å². The van der Waals surface area contributed by atoms with Gasteiger partial charge in [0, 0.05) is 23.7 Å². The van der Waals surface area contributed by atoms with Crippen molar-refractivity contribution in [3.8, 4) is 0 Å². The minimum absolute atomic E-state index is 0.0776. The molecule has 2 amide bonds. The third-order valence-electron chi connectivity index (χ3n) is 3.16. The number of thiazole rings is 1. The average Bonchev–Trinajstić information content (AvgIpc) is 3.26. The molecule has 0 fully saturated rings. The van der Waals surface area contributed by atoms with Crippen LogP contribution in [0.15, 0.2) is 51.4 Å². The van der Waals surface area contributed by atoms with Crippen molar-refractivity contribution < 1.29 is 18.0 Å². The van der Waals surface area contributed by atoms with Crippen molar-refractivity contribution in [1.29, 1.82) is 0 Å². The van der Waals surface area contributed by atoms with E-state index < -0.39 is 15.9 Å². The topological polar surface area (TPSA) is 117 Å². The molecule has 3 aromatic rings. The molecule has 0 spiro atoms. The lowest BCUT2D eigenvalue weighted by Crippen LogP contribution is -2.14. The first-order valence-electron chi connectivity index (χ1n) is 7.54. The average molecular weight is 423 g/mol. The van der Waals surface area contributed by atoms with Gasteiger partial charge in [-0.25, -0.2) is 13.4 Å². The van der Waals surface area contributed by atoms with Crippen LogP contribution in [0, 0.1) is 0 Å². The van der Waals surface area contributed by atoms with Gasteiger partial charge in [-0.2, -0.15) is 0 Å². The molecule has 0 saturated carbocycles. The lowest BCUT2D eigenvalue weighted by molar-refractivity contribution is -0.114. The van der Waals surface area contributed by atoms with Gasteiger partial charge in [-0.15, -0.1) is 22.7 Å². The van der Waals surface area contributed by atoms with Crippen LogP contribution in [0.2, 0.25) is 0 Å². The molecule has 2 aromatic heterocycles. The lowest BCUT2D eigenvalue weighted by atomic mass is 10.2.